The number of anilines is 1. The van der Waals surface area contributed by atoms with Crippen LogP contribution < -0.4 is 10.1 Å². The lowest BCUT2D eigenvalue weighted by Crippen LogP contribution is -2.10. The van der Waals surface area contributed by atoms with Crippen LogP contribution in [-0.4, -0.2) is 18.0 Å². The Labute approximate surface area is 83.3 Å². The fourth-order valence-corrected chi connectivity index (χ4v) is 1.03. The number of carbonyl (C=O) groups is 1. The van der Waals surface area contributed by atoms with Gasteiger partial charge in [0.25, 0.3) is 0 Å². The minimum atomic E-state index is 0.0134. The molecular weight excluding hydrogens is 180 g/mol. The van der Waals surface area contributed by atoms with E-state index in [9.17, 15) is 4.79 Å². The average molecular weight is 194 g/mol. The number of ether oxygens (including phenoxy) is 1. The Morgan fingerprint density at radius 3 is 2.86 bits per heavy atom. The Hall–Kier alpha value is -1.58. The second-order valence-corrected chi connectivity index (χ2v) is 2.89. The lowest BCUT2D eigenvalue weighted by Gasteiger charge is -2.04. The Morgan fingerprint density at radius 1 is 1.57 bits per heavy atom. The van der Waals surface area contributed by atoms with Crippen LogP contribution in [0.2, 0.25) is 0 Å². The third kappa shape index (κ3) is 3.05. The van der Waals surface area contributed by atoms with Crippen LogP contribution in [0.4, 0.5) is 5.69 Å². The van der Waals surface area contributed by atoms with Gasteiger partial charge in [-0.05, 0) is 12.5 Å². The number of carbonyl (C=O) groups excluding carboxylic acids is 1. The summed E-state index contributed by atoms with van der Waals surface area (Å²) in [7, 11) is 1.55. The largest absolute Gasteiger partial charge is 0.481 e. The average Bonchev–Trinajstić information content (AvgIpc) is 2.19. The van der Waals surface area contributed by atoms with Gasteiger partial charge in [-0.2, -0.15) is 0 Å². The maximum Gasteiger partial charge on any atom is 0.224 e. The Kier molecular flexibility index (Phi) is 3.91. The summed E-state index contributed by atoms with van der Waals surface area (Å²) in [4.78, 5) is 15.2. The molecule has 0 radical (unpaired) electrons. The smallest absolute Gasteiger partial charge is 0.224 e. The molecule has 76 valence electrons. The molecule has 0 aliphatic carbocycles. The van der Waals surface area contributed by atoms with Crippen LogP contribution in [0.5, 0.6) is 5.88 Å². The number of methoxy groups -OCH3 is 1. The highest BCUT2D eigenvalue weighted by Gasteiger charge is 2.00. The van der Waals surface area contributed by atoms with E-state index >= 15 is 0 Å². The van der Waals surface area contributed by atoms with Crippen LogP contribution in [0.15, 0.2) is 18.3 Å². The summed E-state index contributed by atoms with van der Waals surface area (Å²) in [6.45, 7) is 1.96. The van der Waals surface area contributed by atoms with Gasteiger partial charge in [0, 0.05) is 12.5 Å². The van der Waals surface area contributed by atoms with Crippen LogP contribution in [0.1, 0.15) is 19.8 Å². The zero-order valence-corrected chi connectivity index (χ0v) is 8.41. The summed E-state index contributed by atoms with van der Waals surface area (Å²) in [5, 5.41) is 2.74. The molecule has 1 heterocycles. The highest BCUT2D eigenvalue weighted by atomic mass is 16.5. The van der Waals surface area contributed by atoms with E-state index in [2.05, 4.69) is 10.3 Å². The van der Waals surface area contributed by atoms with Gasteiger partial charge in [-0.25, -0.2) is 4.98 Å². The van der Waals surface area contributed by atoms with Crippen LogP contribution in [0, 0.1) is 0 Å². The molecule has 4 nitrogen and oxygen atoms in total. The van der Waals surface area contributed by atoms with Gasteiger partial charge in [0.05, 0.1) is 19.0 Å². The number of rotatable bonds is 4. The number of aromatic nitrogens is 1. The molecule has 0 aromatic carbocycles. The maximum absolute atomic E-state index is 11.2. The second-order valence-electron chi connectivity index (χ2n) is 2.89. The van der Waals surface area contributed by atoms with Gasteiger partial charge >= 0.3 is 0 Å². The maximum atomic E-state index is 11.2. The molecule has 1 amide bonds. The van der Waals surface area contributed by atoms with Crippen LogP contribution >= 0.6 is 0 Å². The molecule has 0 fully saturated rings. The Morgan fingerprint density at radius 2 is 2.36 bits per heavy atom. The Bertz CT molecular complexity index is 295. The minimum absolute atomic E-state index is 0.0134. The first-order valence-corrected chi connectivity index (χ1v) is 4.56. The van der Waals surface area contributed by atoms with E-state index in [-0.39, 0.29) is 5.91 Å². The van der Waals surface area contributed by atoms with Crippen molar-refractivity contribution in [3.05, 3.63) is 18.3 Å². The molecule has 4 heteroatoms. The van der Waals surface area contributed by atoms with Gasteiger partial charge in [0.15, 0.2) is 0 Å². The van der Waals surface area contributed by atoms with E-state index in [0.29, 0.717) is 18.0 Å². The van der Waals surface area contributed by atoms with Crippen molar-refractivity contribution in [3.8, 4) is 5.88 Å². The van der Waals surface area contributed by atoms with Crippen molar-refractivity contribution in [2.24, 2.45) is 0 Å². The van der Waals surface area contributed by atoms with Gasteiger partial charge in [0.2, 0.25) is 11.8 Å². The Balaban J connectivity index is 2.55. The molecule has 0 saturated carbocycles. The van der Waals surface area contributed by atoms with E-state index in [1.54, 1.807) is 25.4 Å². The van der Waals surface area contributed by atoms with Gasteiger partial charge in [-0.1, -0.05) is 6.92 Å². The second kappa shape index (κ2) is 5.21. The molecule has 0 saturated heterocycles. The molecule has 1 aromatic rings. The van der Waals surface area contributed by atoms with Gasteiger partial charge < -0.3 is 10.1 Å². The normalized spacial score (nSPS) is 9.57. The first-order chi connectivity index (χ1) is 6.76. The summed E-state index contributed by atoms with van der Waals surface area (Å²) in [5.74, 6) is 0.554. The summed E-state index contributed by atoms with van der Waals surface area (Å²) in [6.07, 6.45) is 2.95. The van der Waals surface area contributed by atoms with E-state index in [4.69, 9.17) is 4.74 Å². The predicted molar refractivity (Wildman–Crippen MR) is 54.3 cm³/mol. The number of pyridine rings is 1. The number of hydrogen-bond donors (Lipinski definition) is 1. The third-order valence-electron chi connectivity index (χ3n) is 1.71. The molecule has 0 aliphatic heterocycles. The van der Waals surface area contributed by atoms with E-state index < -0.39 is 0 Å². The molecule has 0 unspecified atom stereocenters. The monoisotopic (exact) mass is 194 g/mol. The topological polar surface area (TPSA) is 51.2 Å². The number of hydrogen-bond acceptors (Lipinski definition) is 3. The van der Waals surface area contributed by atoms with Crippen molar-refractivity contribution in [1.82, 2.24) is 4.98 Å². The molecule has 0 bridgehead atoms. The SMILES string of the molecule is CCCC(=O)Nc1ccc(OC)nc1. The van der Waals surface area contributed by atoms with E-state index in [1.165, 1.54) is 0 Å². The third-order valence-corrected chi connectivity index (χ3v) is 1.71. The van der Waals surface area contributed by atoms with Gasteiger partial charge in [-0.15, -0.1) is 0 Å². The quantitative estimate of drug-likeness (QED) is 0.795. The van der Waals surface area contributed by atoms with Crippen molar-refractivity contribution in [3.63, 3.8) is 0 Å². The van der Waals surface area contributed by atoms with Crippen molar-refractivity contribution < 1.29 is 9.53 Å². The zero-order chi connectivity index (χ0) is 10.4. The molecule has 0 aliphatic rings. The molecular formula is C10H14N2O2. The van der Waals surface area contributed by atoms with Crippen molar-refractivity contribution >= 4 is 11.6 Å². The number of nitrogens with one attached hydrogen (secondary N) is 1. The highest BCUT2D eigenvalue weighted by Crippen LogP contribution is 2.11. The van der Waals surface area contributed by atoms with Crippen LogP contribution in [0.25, 0.3) is 0 Å². The highest BCUT2D eigenvalue weighted by molar-refractivity contribution is 5.90. The van der Waals surface area contributed by atoms with Gasteiger partial charge in [0.1, 0.15) is 0 Å². The van der Waals surface area contributed by atoms with Gasteiger partial charge in [-0.3, -0.25) is 4.79 Å². The fourth-order valence-electron chi connectivity index (χ4n) is 1.03. The standard InChI is InChI=1S/C10H14N2O2/c1-3-4-9(13)12-8-5-6-10(14-2)11-7-8/h5-7H,3-4H2,1-2H3,(H,12,13). The molecule has 0 atom stereocenters. The predicted octanol–water partition coefficient (Wildman–Crippen LogP) is 1.83. The van der Waals surface area contributed by atoms with Crippen LogP contribution in [0.3, 0.4) is 0 Å². The molecule has 1 rings (SSSR count). The van der Waals surface area contributed by atoms with E-state index in [1.807, 2.05) is 6.92 Å². The molecule has 14 heavy (non-hydrogen) atoms. The van der Waals surface area contributed by atoms with Crippen molar-refractivity contribution in [1.29, 1.82) is 0 Å². The summed E-state index contributed by atoms with van der Waals surface area (Å²) in [5.41, 5.74) is 0.698. The number of nitrogens with zero attached hydrogens (tertiary/aromatic N) is 1. The fraction of sp³-hybridized carbons (Fsp3) is 0.400. The number of amides is 1. The summed E-state index contributed by atoms with van der Waals surface area (Å²) in [6, 6.07) is 3.47. The molecule has 0 spiro atoms. The van der Waals surface area contributed by atoms with Crippen molar-refractivity contribution in [2.75, 3.05) is 12.4 Å². The first kappa shape index (κ1) is 10.5. The lowest BCUT2D eigenvalue weighted by atomic mass is 10.3. The minimum Gasteiger partial charge on any atom is -0.481 e. The van der Waals surface area contributed by atoms with Crippen molar-refractivity contribution in [2.45, 2.75) is 19.8 Å². The summed E-state index contributed by atoms with van der Waals surface area (Å²) < 4.78 is 4.90. The van der Waals surface area contributed by atoms with E-state index in [0.717, 1.165) is 6.42 Å². The summed E-state index contributed by atoms with van der Waals surface area (Å²) >= 11 is 0. The van der Waals surface area contributed by atoms with Crippen LogP contribution in [-0.2, 0) is 4.79 Å². The zero-order valence-electron chi connectivity index (χ0n) is 8.41. The first-order valence-electron chi connectivity index (χ1n) is 4.56. The molecule has 1 N–H and O–H groups in total. The lowest BCUT2D eigenvalue weighted by molar-refractivity contribution is -0.116. The molecule has 1 aromatic heterocycles.